The maximum absolute atomic E-state index is 11.9. The van der Waals surface area contributed by atoms with Gasteiger partial charge < -0.3 is 5.32 Å². The van der Waals surface area contributed by atoms with Gasteiger partial charge >= 0.3 is 0 Å². The number of carbonyl (C=O) groups is 1. The summed E-state index contributed by atoms with van der Waals surface area (Å²) in [4.78, 5) is 14.1. The fraction of sp³-hybridized carbons (Fsp3) is 0.615. The molecule has 0 radical (unpaired) electrons. The highest BCUT2D eigenvalue weighted by Gasteiger charge is 2.18. The van der Waals surface area contributed by atoms with Gasteiger partial charge in [-0.2, -0.15) is 0 Å². The van der Waals surface area contributed by atoms with E-state index in [2.05, 4.69) is 12.2 Å². The summed E-state index contributed by atoms with van der Waals surface area (Å²) in [5.41, 5.74) is 1.37. The molecule has 1 N–H and O–H groups in total. The van der Waals surface area contributed by atoms with E-state index in [4.69, 9.17) is 11.6 Å². The number of hydrogen-bond acceptors (Lipinski definition) is 2. The number of rotatable bonds is 5. The van der Waals surface area contributed by atoms with Crippen molar-refractivity contribution in [3.63, 3.8) is 0 Å². The smallest absolute Gasteiger partial charge is 0.261 e. The first-order valence-corrected chi connectivity index (χ1v) is 7.50. The molecule has 1 heterocycles. The van der Waals surface area contributed by atoms with Crippen molar-refractivity contribution >= 4 is 28.8 Å². The lowest BCUT2D eigenvalue weighted by molar-refractivity contribution is 0.0957. The largest absolute Gasteiger partial charge is 0.350 e. The second-order valence-corrected chi connectivity index (χ2v) is 6.26. The Morgan fingerprint density at radius 3 is 3.12 bits per heavy atom. The number of thiophene rings is 1. The molecular formula is C13H18ClNOS. The molecule has 0 saturated carbocycles. The molecule has 1 unspecified atom stereocenters. The van der Waals surface area contributed by atoms with Crippen molar-refractivity contribution in [2.45, 2.75) is 44.4 Å². The molecule has 2 nitrogen and oxygen atoms in total. The van der Waals surface area contributed by atoms with Gasteiger partial charge in [0.05, 0.1) is 10.3 Å². The lowest BCUT2D eigenvalue weighted by Crippen LogP contribution is -2.29. The summed E-state index contributed by atoms with van der Waals surface area (Å²) in [7, 11) is 0. The highest BCUT2D eigenvalue weighted by molar-refractivity contribution is 7.14. The summed E-state index contributed by atoms with van der Waals surface area (Å²) in [6.07, 6.45) is 5.51. The summed E-state index contributed by atoms with van der Waals surface area (Å²) in [5.74, 6) is 0.0335. The van der Waals surface area contributed by atoms with Crippen LogP contribution in [0.15, 0.2) is 6.07 Å². The van der Waals surface area contributed by atoms with E-state index in [1.54, 1.807) is 11.3 Å². The zero-order valence-corrected chi connectivity index (χ0v) is 11.7. The van der Waals surface area contributed by atoms with Crippen LogP contribution in [-0.2, 0) is 12.8 Å². The fourth-order valence-corrected chi connectivity index (χ4v) is 3.61. The van der Waals surface area contributed by atoms with Gasteiger partial charge in [0.1, 0.15) is 0 Å². The summed E-state index contributed by atoms with van der Waals surface area (Å²) >= 11 is 7.72. The van der Waals surface area contributed by atoms with Crippen LogP contribution >= 0.6 is 22.9 Å². The van der Waals surface area contributed by atoms with Crippen molar-refractivity contribution in [1.82, 2.24) is 5.32 Å². The summed E-state index contributed by atoms with van der Waals surface area (Å²) in [5, 5.41) is 2.96. The quantitative estimate of drug-likeness (QED) is 0.818. The Bertz CT molecular complexity index is 381. The van der Waals surface area contributed by atoms with Crippen LogP contribution in [0.4, 0.5) is 0 Å². The van der Waals surface area contributed by atoms with Gasteiger partial charge in [-0.05, 0) is 37.3 Å². The maximum atomic E-state index is 11.9. The number of carbonyl (C=O) groups excluding carboxylic acids is 1. The van der Waals surface area contributed by atoms with E-state index in [0.29, 0.717) is 6.54 Å². The van der Waals surface area contributed by atoms with Gasteiger partial charge in [-0.1, -0.05) is 13.3 Å². The third kappa shape index (κ3) is 3.23. The molecule has 1 aliphatic rings. The highest BCUT2D eigenvalue weighted by Crippen LogP contribution is 2.30. The molecule has 0 bridgehead atoms. The van der Waals surface area contributed by atoms with Crippen LogP contribution in [0.3, 0.4) is 0 Å². The maximum Gasteiger partial charge on any atom is 0.261 e. The number of aryl methyl sites for hydroxylation is 2. The SMILES string of the molecule is CCCC(Cl)CNC(=O)c1cc2c(s1)CCC2. The fourth-order valence-electron chi connectivity index (χ4n) is 2.15. The van der Waals surface area contributed by atoms with Crippen molar-refractivity contribution in [2.75, 3.05) is 6.54 Å². The molecule has 1 aliphatic carbocycles. The van der Waals surface area contributed by atoms with E-state index in [-0.39, 0.29) is 11.3 Å². The zero-order valence-electron chi connectivity index (χ0n) is 10.1. The molecule has 0 aromatic carbocycles. The van der Waals surface area contributed by atoms with Crippen LogP contribution in [-0.4, -0.2) is 17.8 Å². The molecule has 1 aromatic rings. The lowest BCUT2D eigenvalue weighted by atomic mass is 10.2. The van der Waals surface area contributed by atoms with Gasteiger partial charge in [0.25, 0.3) is 5.91 Å². The molecule has 4 heteroatoms. The molecule has 1 amide bonds. The monoisotopic (exact) mass is 271 g/mol. The summed E-state index contributed by atoms with van der Waals surface area (Å²) < 4.78 is 0. The zero-order chi connectivity index (χ0) is 12.3. The van der Waals surface area contributed by atoms with Crippen LogP contribution in [0, 0.1) is 0 Å². The van der Waals surface area contributed by atoms with Crippen LogP contribution in [0.1, 0.15) is 46.3 Å². The number of halogens is 1. The van der Waals surface area contributed by atoms with Gasteiger partial charge in [0.2, 0.25) is 0 Å². The third-order valence-corrected chi connectivity index (χ3v) is 4.66. The number of alkyl halides is 1. The van der Waals surface area contributed by atoms with Crippen molar-refractivity contribution in [3.05, 3.63) is 21.4 Å². The predicted octanol–water partition coefficient (Wildman–Crippen LogP) is 3.37. The van der Waals surface area contributed by atoms with Gasteiger partial charge in [-0.25, -0.2) is 0 Å². The lowest BCUT2D eigenvalue weighted by Gasteiger charge is -2.08. The van der Waals surface area contributed by atoms with E-state index in [1.165, 1.54) is 16.9 Å². The second-order valence-electron chi connectivity index (χ2n) is 4.51. The van der Waals surface area contributed by atoms with Crippen LogP contribution in [0.5, 0.6) is 0 Å². The number of hydrogen-bond donors (Lipinski definition) is 1. The summed E-state index contributed by atoms with van der Waals surface area (Å²) in [6.45, 7) is 2.66. The molecular weight excluding hydrogens is 254 g/mol. The Balaban J connectivity index is 1.87. The first-order valence-electron chi connectivity index (χ1n) is 6.24. The topological polar surface area (TPSA) is 29.1 Å². The molecule has 17 heavy (non-hydrogen) atoms. The van der Waals surface area contributed by atoms with Gasteiger partial charge in [0.15, 0.2) is 0 Å². The normalized spacial score (nSPS) is 15.6. The van der Waals surface area contributed by atoms with Gasteiger partial charge in [-0.15, -0.1) is 22.9 Å². The molecule has 0 fully saturated rings. The standard InChI is InChI=1S/C13H18ClNOS/c1-2-4-10(14)8-15-13(16)12-7-9-5-3-6-11(9)17-12/h7,10H,2-6,8H2,1H3,(H,15,16). The molecule has 94 valence electrons. The first kappa shape index (κ1) is 12.9. The van der Waals surface area contributed by atoms with E-state index in [0.717, 1.165) is 30.6 Å². The van der Waals surface area contributed by atoms with E-state index >= 15 is 0 Å². The van der Waals surface area contributed by atoms with Crippen LogP contribution in [0.25, 0.3) is 0 Å². The third-order valence-electron chi connectivity index (χ3n) is 3.06. The molecule has 0 saturated heterocycles. The molecule has 2 rings (SSSR count). The Kier molecular flexibility index (Phi) is 4.46. The van der Waals surface area contributed by atoms with E-state index in [1.807, 2.05) is 6.07 Å². The molecule has 1 atom stereocenters. The minimum Gasteiger partial charge on any atom is -0.350 e. The Labute approximate surface area is 111 Å². The number of amides is 1. The number of fused-ring (bicyclic) bond motifs is 1. The van der Waals surface area contributed by atoms with Crippen molar-refractivity contribution in [2.24, 2.45) is 0 Å². The molecule has 1 aromatic heterocycles. The van der Waals surface area contributed by atoms with Crippen LogP contribution in [0.2, 0.25) is 0 Å². The minimum atomic E-state index is 0.0335. The van der Waals surface area contributed by atoms with Crippen molar-refractivity contribution in [1.29, 1.82) is 0 Å². The molecule has 0 spiro atoms. The average Bonchev–Trinajstić information content (AvgIpc) is 2.86. The van der Waals surface area contributed by atoms with Gasteiger partial charge in [0, 0.05) is 11.4 Å². The van der Waals surface area contributed by atoms with E-state index < -0.39 is 0 Å². The first-order chi connectivity index (χ1) is 8.20. The summed E-state index contributed by atoms with van der Waals surface area (Å²) in [6, 6.07) is 2.05. The Hall–Kier alpha value is -0.540. The van der Waals surface area contributed by atoms with Crippen molar-refractivity contribution < 1.29 is 4.79 Å². The van der Waals surface area contributed by atoms with Crippen LogP contribution < -0.4 is 5.32 Å². The second kappa shape index (κ2) is 5.87. The number of nitrogens with one attached hydrogen (secondary N) is 1. The highest BCUT2D eigenvalue weighted by atomic mass is 35.5. The van der Waals surface area contributed by atoms with Gasteiger partial charge in [-0.3, -0.25) is 4.79 Å². The molecule has 0 aliphatic heterocycles. The van der Waals surface area contributed by atoms with Crippen molar-refractivity contribution in [3.8, 4) is 0 Å². The average molecular weight is 272 g/mol. The van der Waals surface area contributed by atoms with E-state index in [9.17, 15) is 4.79 Å². The Morgan fingerprint density at radius 1 is 1.59 bits per heavy atom. The Morgan fingerprint density at radius 2 is 2.41 bits per heavy atom. The minimum absolute atomic E-state index is 0.0335. The predicted molar refractivity (Wildman–Crippen MR) is 73.2 cm³/mol.